The van der Waals surface area contributed by atoms with Crippen LogP contribution >= 0.6 is 0 Å². The molecule has 2 aromatic heterocycles. The summed E-state index contributed by atoms with van der Waals surface area (Å²) in [4.78, 5) is 14.0. The predicted molar refractivity (Wildman–Crippen MR) is 92.5 cm³/mol. The van der Waals surface area contributed by atoms with Crippen molar-refractivity contribution in [2.24, 2.45) is 0 Å². The summed E-state index contributed by atoms with van der Waals surface area (Å²) >= 11 is 0. The number of nitrogens with zero attached hydrogens (tertiary/aromatic N) is 6. The van der Waals surface area contributed by atoms with Crippen LogP contribution in [-0.2, 0) is 0 Å². The molecule has 8 nitrogen and oxygen atoms in total. The average molecular weight is 341 g/mol. The topological polar surface area (TPSA) is 88.8 Å². The fraction of sp³-hybridized carbons (Fsp3) is 0.588. The van der Waals surface area contributed by atoms with E-state index < -0.39 is 0 Å². The highest BCUT2D eigenvalue weighted by molar-refractivity contribution is 5.92. The molecule has 1 amide bonds. The van der Waals surface area contributed by atoms with E-state index >= 15 is 0 Å². The third-order valence-corrected chi connectivity index (χ3v) is 4.87. The first kappa shape index (κ1) is 16.0. The smallest absolute Gasteiger partial charge is 0.271 e. The van der Waals surface area contributed by atoms with Gasteiger partial charge in [-0.25, -0.2) is 0 Å². The van der Waals surface area contributed by atoms with E-state index in [0.717, 1.165) is 37.6 Å². The number of piperidine rings is 1. The van der Waals surface area contributed by atoms with Crippen molar-refractivity contribution in [3.8, 4) is 0 Å². The third-order valence-electron chi connectivity index (χ3n) is 4.87. The molecule has 25 heavy (non-hydrogen) atoms. The number of nitrogens with one attached hydrogen (secondary N) is 1. The second-order valence-corrected chi connectivity index (χ2v) is 6.75. The fourth-order valence-corrected chi connectivity index (χ4v) is 3.44. The van der Waals surface area contributed by atoms with Gasteiger partial charge in [-0.3, -0.25) is 4.79 Å². The summed E-state index contributed by atoms with van der Waals surface area (Å²) in [6.07, 6.45) is 6.53. The molecule has 3 heterocycles. The molecule has 0 aromatic carbocycles. The summed E-state index contributed by atoms with van der Waals surface area (Å²) in [5, 5.41) is 19.6. The van der Waals surface area contributed by atoms with Crippen molar-refractivity contribution >= 4 is 11.7 Å². The lowest BCUT2D eigenvalue weighted by molar-refractivity contribution is 0.0950. The van der Waals surface area contributed by atoms with Gasteiger partial charge in [-0.05, 0) is 44.7 Å². The molecule has 0 radical (unpaired) electrons. The molecule has 4 rings (SSSR count). The number of aromatic nitrogens is 5. The maximum Gasteiger partial charge on any atom is 0.271 e. The van der Waals surface area contributed by atoms with Crippen molar-refractivity contribution in [1.82, 2.24) is 30.3 Å². The first-order valence-electron chi connectivity index (χ1n) is 9.02. The molecule has 0 bridgehead atoms. The first-order chi connectivity index (χ1) is 12.3. The molecule has 132 valence electrons. The van der Waals surface area contributed by atoms with Crippen LogP contribution in [-0.4, -0.2) is 50.5 Å². The van der Waals surface area contributed by atoms with Gasteiger partial charge in [0, 0.05) is 31.6 Å². The molecule has 8 heteroatoms. The van der Waals surface area contributed by atoms with Gasteiger partial charge in [0.1, 0.15) is 12.2 Å². The Kier molecular flexibility index (Phi) is 4.33. The molecular formula is C17H23N7O. The van der Waals surface area contributed by atoms with Crippen molar-refractivity contribution in [3.63, 3.8) is 0 Å². The number of anilines is 1. The summed E-state index contributed by atoms with van der Waals surface area (Å²) in [6.45, 7) is 4.27. The molecular weight excluding hydrogens is 318 g/mol. The SMILES string of the molecule is CCNC(=O)c1ccc(N2CCCC(c3nncn3C3CC3)C2)nn1. The second-order valence-electron chi connectivity index (χ2n) is 6.75. The molecule has 2 aliphatic rings. The lowest BCUT2D eigenvalue weighted by Crippen LogP contribution is -2.36. The molecule has 2 fully saturated rings. The van der Waals surface area contributed by atoms with Gasteiger partial charge in [0.05, 0.1) is 0 Å². The van der Waals surface area contributed by atoms with E-state index in [1.807, 2.05) is 19.3 Å². The molecule has 1 N–H and O–H groups in total. The maximum absolute atomic E-state index is 11.8. The summed E-state index contributed by atoms with van der Waals surface area (Å²) in [5.74, 6) is 2.09. The standard InChI is InChI=1S/C17H23N7O/c1-2-18-17(25)14-7-8-15(21-20-14)23-9-3-4-12(10-23)16-22-19-11-24(16)13-5-6-13/h7-8,11-13H,2-6,9-10H2,1H3,(H,18,25). The van der Waals surface area contributed by atoms with Gasteiger partial charge < -0.3 is 14.8 Å². The monoisotopic (exact) mass is 341 g/mol. The minimum Gasteiger partial charge on any atom is -0.354 e. The van der Waals surface area contributed by atoms with E-state index in [4.69, 9.17) is 0 Å². The molecule has 1 saturated heterocycles. The van der Waals surface area contributed by atoms with E-state index in [1.54, 1.807) is 6.07 Å². The Morgan fingerprint density at radius 1 is 1.24 bits per heavy atom. The highest BCUT2D eigenvalue weighted by Crippen LogP contribution is 2.38. The van der Waals surface area contributed by atoms with Crippen LogP contribution in [0.2, 0.25) is 0 Å². The van der Waals surface area contributed by atoms with Gasteiger partial charge in [0.2, 0.25) is 0 Å². The lowest BCUT2D eigenvalue weighted by Gasteiger charge is -2.32. The van der Waals surface area contributed by atoms with Crippen LogP contribution in [0.3, 0.4) is 0 Å². The lowest BCUT2D eigenvalue weighted by atomic mass is 9.97. The van der Waals surface area contributed by atoms with Crippen LogP contribution in [0.5, 0.6) is 0 Å². The van der Waals surface area contributed by atoms with E-state index in [9.17, 15) is 4.79 Å². The van der Waals surface area contributed by atoms with Crippen LogP contribution in [0.15, 0.2) is 18.5 Å². The zero-order valence-corrected chi connectivity index (χ0v) is 14.4. The van der Waals surface area contributed by atoms with Gasteiger partial charge in [-0.2, -0.15) is 0 Å². The third kappa shape index (κ3) is 3.33. The van der Waals surface area contributed by atoms with Crippen LogP contribution in [0.25, 0.3) is 0 Å². The van der Waals surface area contributed by atoms with Crippen molar-refractivity contribution in [2.45, 2.75) is 44.6 Å². The number of rotatable bonds is 5. The number of carbonyl (C=O) groups is 1. The Morgan fingerprint density at radius 3 is 2.84 bits per heavy atom. The van der Waals surface area contributed by atoms with Crippen LogP contribution < -0.4 is 10.2 Å². The Labute approximate surface area is 146 Å². The zero-order valence-electron chi connectivity index (χ0n) is 14.4. The fourth-order valence-electron chi connectivity index (χ4n) is 3.44. The van der Waals surface area contributed by atoms with E-state index in [1.165, 1.54) is 12.8 Å². The molecule has 2 aromatic rings. The normalized spacial score (nSPS) is 20.5. The highest BCUT2D eigenvalue weighted by atomic mass is 16.1. The minimum absolute atomic E-state index is 0.185. The van der Waals surface area contributed by atoms with E-state index in [0.29, 0.717) is 24.2 Å². The molecule has 1 aliphatic carbocycles. The average Bonchev–Trinajstić information content (AvgIpc) is 3.38. The highest BCUT2D eigenvalue weighted by Gasteiger charge is 2.31. The van der Waals surface area contributed by atoms with E-state index in [-0.39, 0.29) is 5.91 Å². The summed E-state index contributed by atoms with van der Waals surface area (Å²) < 4.78 is 2.25. The quantitative estimate of drug-likeness (QED) is 0.887. The van der Waals surface area contributed by atoms with Gasteiger partial charge in [-0.15, -0.1) is 20.4 Å². The van der Waals surface area contributed by atoms with Crippen LogP contribution in [0.1, 0.15) is 60.9 Å². The number of hydrogen-bond acceptors (Lipinski definition) is 6. The van der Waals surface area contributed by atoms with Gasteiger partial charge >= 0.3 is 0 Å². The van der Waals surface area contributed by atoms with Crippen LogP contribution in [0.4, 0.5) is 5.82 Å². The molecule has 1 atom stereocenters. The Balaban J connectivity index is 1.47. The Bertz CT molecular complexity index is 738. The first-order valence-corrected chi connectivity index (χ1v) is 9.02. The maximum atomic E-state index is 11.8. The van der Waals surface area contributed by atoms with Crippen molar-refractivity contribution < 1.29 is 4.79 Å². The zero-order chi connectivity index (χ0) is 17.2. The van der Waals surface area contributed by atoms with Crippen molar-refractivity contribution in [1.29, 1.82) is 0 Å². The van der Waals surface area contributed by atoms with Gasteiger partial charge in [0.25, 0.3) is 5.91 Å². The largest absolute Gasteiger partial charge is 0.354 e. The van der Waals surface area contributed by atoms with Crippen LogP contribution in [0, 0.1) is 0 Å². The molecule has 1 aliphatic heterocycles. The predicted octanol–water partition coefficient (Wildman–Crippen LogP) is 1.54. The molecule has 1 unspecified atom stereocenters. The number of amides is 1. The van der Waals surface area contributed by atoms with Gasteiger partial charge in [-0.1, -0.05) is 0 Å². The summed E-state index contributed by atoms with van der Waals surface area (Å²) in [7, 11) is 0. The summed E-state index contributed by atoms with van der Waals surface area (Å²) in [5.41, 5.74) is 0.354. The van der Waals surface area contributed by atoms with Crippen molar-refractivity contribution in [2.75, 3.05) is 24.5 Å². The summed E-state index contributed by atoms with van der Waals surface area (Å²) in [6, 6.07) is 4.21. The van der Waals surface area contributed by atoms with E-state index in [2.05, 4.69) is 35.2 Å². The molecule has 0 spiro atoms. The second kappa shape index (κ2) is 6.78. The molecule has 1 saturated carbocycles. The number of hydrogen-bond donors (Lipinski definition) is 1. The van der Waals surface area contributed by atoms with Crippen molar-refractivity contribution in [3.05, 3.63) is 30.0 Å². The Hall–Kier alpha value is -2.51. The minimum atomic E-state index is -0.185. The van der Waals surface area contributed by atoms with Gasteiger partial charge in [0.15, 0.2) is 11.5 Å². The Morgan fingerprint density at radius 2 is 2.12 bits per heavy atom. The number of carbonyl (C=O) groups excluding carboxylic acids is 1.